The van der Waals surface area contributed by atoms with E-state index in [-0.39, 0.29) is 12.3 Å². The average molecular weight is 357 g/mol. The number of hydrogen-bond acceptors (Lipinski definition) is 2. The Morgan fingerprint density at radius 2 is 1.72 bits per heavy atom. The third-order valence-electron chi connectivity index (χ3n) is 3.34. The monoisotopic (exact) mass is 357 g/mol. The second-order valence-corrected chi connectivity index (χ2v) is 5.48. The molecule has 1 unspecified atom stereocenters. The van der Waals surface area contributed by atoms with E-state index in [1.807, 2.05) is 0 Å². The molecule has 8 heteroatoms. The second-order valence-electron chi connectivity index (χ2n) is 5.48. The van der Waals surface area contributed by atoms with Crippen LogP contribution in [0.3, 0.4) is 0 Å². The van der Waals surface area contributed by atoms with E-state index in [2.05, 4.69) is 10.1 Å². The molecule has 0 aliphatic rings. The number of alkyl halides is 2. The lowest BCUT2D eigenvalue weighted by molar-refractivity contribution is -0.885. The molecule has 0 fully saturated rings. The molecule has 0 aromatic heterocycles. The number of quaternary nitrogens is 1. The largest absolute Gasteiger partial charge is 0.435 e. The molecule has 25 heavy (non-hydrogen) atoms. The summed E-state index contributed by atoms with van der Waals surface area (Å²) in [6.45, 7) is -2.49. The predicted octanol–water partition coefficient (Wildman–Crippen LogP) is 2.22. The Bertz CT molecular complexity index is 703. The minimum atomic E-state index is -2.89. The van der Waals surface area contributed by atoms with Crippen LogP contribution >= 0.6 is 0 Å². The molecule has 1 atom stereocenters. The fourth-order valence-electron chi connectivity index (χ4n) is 2.27. The third-order valence-corrected chi connectivity index (χ3v) is 3.34. The van der Waals surface area contributed by atoms with Gasteiger partial charge in [0.25, 0.3) is 5.91 Å². The van der Waals surface area contributed by atoms with Crippen molar-refractivity contribution in [3.63, 3.8) is 0 Å². The van der Waals surface area contributed by atoms with E-state index < -0.39 is 29.8 Å². The molecule has 2 rings (SSSR count). The molecule has 2 aromatic rings. The molecule has 0 saturated heterocycles. The van der Waals surface area contributed by atoms with E-state index >= 15 is 0 Å². The predicted molar refractivity (Wildman–Crippen MR) is 83.5 cm³/mol. The summed E-state index contributed by atoms with van der Waals surface area (Å²) in [5, 5.41) is 2.21. The van der Waals surface area contributed by atoms with Crippen molar-refractivity contribution in [2.24, 2.45) is 0 Å². The van der Waals surface area contributed by atoms with Gasteiger partial charge in [-0.15, -0.1) is 0 Å². The van der Waals surface area contributed by atoms with Gasteiger partial charge in [-0.25, -0.2) is 8.78 Å². The van der Waals surface area contributed by atoms with Gasteiger partial charge >= 0.3 is 6.61 Å². The summed E-state index contributed by atoms with van der Waals surface area (Å²) < 4.78 is 55.4. The first kappa shape index (κ1) is 18.7. The van der Waals surface area contributed by atoms with Crippen LogP contribution in [0, 0.1) is 11.6 Å². The first-order valence-electron chi connectivity index (χ1n) is 7.44. The van der Waals surface area contributed by atoms with Crippen LogP contribution in [0.25, 0.3) is 0 Å². The van der Waals surface area contributed by atoms with Crippen molar-refractivity contribution in [2.45, 2.75) is 13.2 Å². The number of amides is 1. The van der Waals surface area contributed by atoms with E-state index in [4.69, 9.17) is 0 Å². The van der Waals surface area contributed by atoms with Crippen molar-refractivity contribution in [1.82, 2.24) is 0 Å². The van der Waals surface area contributed by atoms with Gasteiger partial charge in [-0.3, -0.25) is 4.79 Å². The fraction of sp³-hybridized carbons (Fsp3) is 0.235. The molecule has 1 amide bonds. The average Bonchev–Trinajstić information content (AvgIpc) is 2.52. The zero-order chi connectivity index (χ0) is 18.4. The molecule has 0 aliphatic heterocycles. The number of ether oxygens (including phenoxy) is 1. The van der Waals surface area contributed by atoms with E-state index in [0.29, 0.717) is 6.54 Å². The molecule has 0 spiro atoms. The minimum Gasteiger partial charge on any atom is -0.435 e. The number of anilines is 1. The van der Waals surface area contributed by atoms with Gasteiger partial charge < -0.3 is 15.0 Å². The number of carbonyl (C=O) groups is 1. The van der Waals surface area contributed by atoms with Crippen molar-refractivity contribution in [3.8, 4) is 5.75 Å². The van der Waals surface area contributed by atoms with Crippen LogP contribution in [0.5, 0.6) is 5.75 Å². The molecule has 4 nitrogen and oxygen atoms in total. The molecule has 0 radical (unpaired) electrons. The van der Waals surface area contributed by atoms with Gasteiger partial charge in [0.15, 0.2) is 6.54 Å². The van der Waals surface area contributed by atoms with Gasteiger partial charge in [0, 0.05) is 5.56 Å². The second kappa shape index (κ2) is 8.48. The Morgan fingerprint density at radius 3 is 2.28 bits per heavy atom. The van der Waals surface area contributed by atoms with Gasteiger partial charge in [0.1, 0.15) is 29.6 Å². The van der Waals surface area contributed by atoms with Crippen molar-refractivity contribution >= 4 is 11.6 Å². The van der Waals surface area contributed by atoms with Crippen LogP contribution < -0.4 is 15.0 Å². The molecular weight excluding hydrogens is 340 g/mol. The number of likely N-dealkylation sites (N-methyl/N-ethyl adjacent to an activating group) is 1. The Labute approximate surface area is 142 Å². The summed E-state index contributed by atoms with van der Waals surface area (Å²) in [4.78, 5) is 12.7. The molecule has 0 aliphatic carbocycles. The van der Waals surface area contributed by atoms with Crippen LogP contribution in [-0.4, -0.2) is 26.1 Å². The van der Waals surface area contributed by atoms with E-state index in [1.165, 1.54) is 18.2 Å². The number of hydrogen-bond donors (Lipinski definition) is 2. The van der Waals surface area contributed by atoms with Crippen molar-refractivity contribution in [3.05, 3.63) is 59.7 Å². The minimum absolute atomic E-state index is 0.0247. The Hall–Kier alpha value is -2.61. The molecule has 2 N–H and O–H groups in total. The SMILES string of the molecule is C[NH+](CC(=O)Nc1c(F)cccc1F)Cc1ccc(OC(F)F)cc1. The highest BCUT2D eigenvalue weighted by atomic mass is 19.3. The summed E-state index contributed by atoms with van der Waals surface area (Å²) >= 11 is 0. The Kier molecular flexibility index (Phi) is 6.35. The topological polar surface area (TPSA) is 42.8 Å². The zero-order valence-corrected chi connectivity index (χ0v) is 13.4. The maximum absolute atomic E-state index is 13.5. The molecule has 0 bridgehead atoms. The Balaban J connectivity index is 1.89. The smallest absolute Gasteiger partial charge is 0.387 e. The van der Waals surface area contributed by atoms with Crippen LogP contribution in [0.4, 0.5) is 23.2 Å². The molecular formula is C17H17F4N2O2+. The Morgan fingerprint density at radius 1 is 1.12 bits per heavy atom. The maximum Gasteiger partial charge on any atom is 0.387 e. The highest BCUT2D eigenvalue weighted by molar-refractivity contribution is 5.91. The standard InChI is InChI=1S/C17H16F4N2O2/c1-23(9-11-5-7-12(8-6-11)25-17(20)21)10-15(24)22-16-13(18)3-2-4-14(16)19/h2-8,17H,9-10H2,1H3,(H,22,24)/p+1. The summed E-state index contributed by atoms with van der Waals surface area (Å²) in [7, 11) is 1.72. The van der Waals surface area contributed by atoms with E-state index in [1.54, 1.807) is 19.2 Å². The van der Waals surface area contributed by atoms with Crippen molar-refractivity contribution in [2.75, 3.05) is 18.9 Å². The number of halogens is 4. The van der Waals surface area contributed by atoms with Crippen LogP contribution in [0.2, 0.25) is 0 Å². The van der Waals surface area contributed by atoms with Gasteiger partial charge in [-0.2, -0.15) is 8.78 Å². The molecule has 2 aromatic carbocycles. The molecule has 0 saturated carbocycles. The highest BCUT2D eigenvalue weighted by Gasteiger charge is 2.15. The van der Waals surface area contributed by atoms with Crippen molar-refractivity contribution < 1.29 is 32.0 Å². The number of benzene rings is 2. The quantitative estimate of drug-likeness (QED) is 0.747. The number of rotatable bonds is 7. The van der Waals surface area contributed by atoms with Crippen molar-refractivity contribution in [1.29, 1.82) is 0 Å². The highest BCUT2D eigenvalue weighted by Crippen LogP contribution is 2.17. The first-order valence-corrected chi connectivity index (χ1v) is 7.44. The van der Waals surface area contributed by atoms with E-state index in [0.717, 1.165) is 22.6 Å². The third kappa shape index (κ3) is 5.75. The van der Waals surface area contributed by atoms with Gasteiger partial charge in [0.2, 0.25) is 0 Å². The van der Waals surface area contributed by atoms with Gasteiger partial charge in [-0.05, 0) is 36.4 Å². The molecule has 134 valence electrons. The van der Waals surface area contributed by atoms with Crippen LogP contribution in [-0.2, 0) is 11.3 Å². The summed E-state index contributed by atoms with van der Waals surface area (Å²) in [6.07, 6.45) is 0. The summed E-state index contributed by atoms with van der Waals surface area (Å²) in [5.74, 6) is -2.19. The summed E-state index contributed by atoms with van der Waals surface area (Å²) in [6, 6.07) is 9.34. The lowest BCUT2D eigenvalue weighted by Crippen LogP contribution is -3.08. The normalized spacial score (nSPS) is 12.1. The lowest BCUT2D eigenvalue weighted by atomic mass is 10.2. The summed E-state index contributed by atoms with van der Waals surface area (Å²) in [5.41, 5.74) is 0.317. The van der Waals surface area contributed by atoms with Crippen LogP contribution in [0.15, 0.2) is 42.5 Å². The van der Waals surface area contributed by atoms with Gasteiger partial charge in [0.05, 0.1) is 7.05 Å². The molecule has 0 heterocycles. The van der Waals surface area contributed by atoms with E-state index in [9.17, 15) is 22.4 Å². The number of para-hydroxylation sites is 1. The maximum atomic E-state index is 13.5. The van der Waals surface area contributed by atoms with Crippen LogP contribution in [0.1, 0.15) is 5.56 Å². The number of nitrogens with one attached hydrogen (secondary N) is 2. The number of carbonyl (C=O) groups excluding carboxylic acids is 1. The first-order chi connectivity index (χ1) is 11.8. The zero-order valence-electron chi connectivity index (χ0n) is 13.4. The van der Waals surface area contributed by atoms with Gasteiger partial charge in [-0.1, -0.05) is 6.07 Å². The lowest BCUT2D eigenvalue weighted by Gasteiger charge is -2.14. The fourth-order valence-corrected chi connectivity index (χ4v) is 2.27.